The van der Waals surface area contributed by atoms with E-state index >= 15 is 0 Å². The van der Waals surface area contributed by atoms with Crippen molar-refractivity contribution in [3.8, 4) is 0 Å². The average molecular weight is 250 g/mol. The largest absolute Gasteiger partial charge is 0.481 e. The van der Waals surface area contributed by atoms with Crippen LogP contribution in [0.25, 0.3) is 0 Å². The van der Waals surface area contributed by atoms with E-state index in [9.17, 15) is 14.4 Å². The van der Waals surface area contributed by atoms with Gasteiger partial charge in [0.05, 0.1) is 0 Å². The van der Waals surface area contributed by atoms with E-state index < -0.39 is 17.9 Å². The molecule has 0 aromatic heterocycles. The zero-order valence-corrected chi connectivity index (χ0v) is 10.7. The normalized spacial score (nSPS) is 6.94. The fourth-order valence-corrected chi connectivity index (χ4v) is 0. The Hall–Kier alpha value is -1.37. The number of carboxylic acid groups (broad SMARTS) is 3. The van der Waals surface area contributed by atoms with E-state index in [0.717, 1.165) is 0 Å². The molecular formula is C9H18O6Si. The number of carbonyl (C=O) groups is 3. The van der Waals surface area contributed by atoms with Gasteiger partial charge in [0.15, 0.2) is 0 Å². The second-order valence-electron chi connectivity index (χ2n) is 2.24. The maximum Gasteiger partial charge on any atom is 0.303 e. The van der Waals surface area contributed by atoms with E-state index in [2.05, 4.69) is 0 Å². The smallest absolute Gasteiger partial charge is 0.303 e. The van der Waals surface area contributed by atoms with Crippen LogP contribution in [0.4, 0.5) is 0 Å². The van der Waals surface area contributed by atoms with Gasteiger partial charge in [-0.25, -0.2) is 0 Å². The minimum Gasteiger partial charge on any atom is -0.481 e. The Balaban J connectivity index is -0.0000000655. The second-order valence-corrected chi connectivity index (χ2v) is 2.24. The molecule has 0 aromatic rings. The molecule has 0 atom stereocenters. The molecule has 0 aromatic carbocycles. The monoisotopic (exact) mass is 250 g/mol. The zero-order valence-electron chi connectivity index (χ0n) is 9.69. The van der Waals surface area contributed by atoms with Gasteiger partial charge >= 0.3 is 17.9 Å². The molecule has 0 saturated carbocycles. The fraction of sp³-hybridized carbons (Fsp3) is 0.667. The van der Waals surface area contributed by atoms with Gasteiger partial charge in [-0.15, -0.1) is 0 Å². The van der Waals surface area contributed by atoms with Crippen molar-refractivity contribution in [2.24, 2.45) is 0 Å². The van der Waals surface area contributed by atoms with E-state index in [1.807, 2.05) is 0 Å². The predicted octanol–water partition coefficient (Wildman–Crippen LogP) is 1.06. The van der Waals surface area contributed by atoms with Crippen LogP contribution in [0.3, 0.4) is 0 Å². The lowest BCUT2D eigenvalue weighted by molar-refractivity contribution is -0.137. The second kappa shape index (κ2) is 19.2. The molecule has 4 radical (unpaired) electrons. The third-order valence-corrected chi connectivity index (χ3v) is 0.907. The highest BCUT2D eigenvalue weighted by atomic mass is 28.1. The molecular weight excluding hydrogens is 232 g/mol. The Bertz CT molecular complexity index is 159. The van der Waals surface area contributed by atoms with Crippen molar-refractivity contribution in [2.75, 3.05) is 0 Å². The van der Waals surface area contributed by atoms with Crippen LogP contribution in [0.1, 0.15) is 40.0 Å². The van der Waals surface area contributed by atoms with Gasteiger partial charge in [-0.2, -0.15) is 0 Å². The highest BCUT2D eigenvalue weighted by Crippen LogP contribution is 1.68. The van der Waals surface area contributed by atoms with Gasteiger partial charge in [0.2, 0.25) is 0 Å². The summed E-state index contributed by atoms with van der Waals surface area (Å²) in [6.45, 7) is 4.80. The highest BCUT2D eigenvalue weighted by molar-refractivity contribution is 5.75. The van der Waals surface area contributed by atoms with Crippen LogP contribution in [0.15, 0.2) is 0 Å². The Labute approximate surface area is 99.3 Å². The van der Waals surface area contributed by atoms with Gasteiger partial charge in [0.1, 0.15) is 0 Å². The van der Waals surface area contributed by atoms with Gasteiger partial charge in [-0.1, -0.05) is 20.8 Å². The number of carboxylic acids is 3. The van der Waals surface area contributed by atoms with Gasteiger partial charge in [0, 0.05) is 30.2 Å². The summed E-state index contributed by atoms with van der Waals surface area (Å²) in [5, 5.41) is 23.2. The standard InChI is InChI=1S/3C3H6O2.Si/c3*1-2-3(4)5;/h3*2H2,1H3,(H,4,5);. The minimum absolute atomic E-state index is 0. The van der Waals surface area contributed by atoms with Crippen LogP contribution >= 0.6 is 0 Å². The lowest BCUT2D eigenvalue weighted by Gasteiger charge is -1.71. The van der Waals surface area contributed by atoms with E-state index in [1.165, 1.54) is 0 Å². The molecule has 6 nitrogen and oxygen atoms in total. The van der Waals surface area contributed by atoms with Crippen molar-refractivity contribution in [1.29, 1.82) is 0 Å². The average Bonchev–Trinajstić information content (AvgIpc) is 2.19. The van der Waals surface area contributed by atoms with E-state index in [4.69, 9.17) is 15.3 Å². The first-order chi connectivity index (χ1) is 6.81. The summed E-state index contributed by atoms with van der Waals surface area (Å²) < 4.78 is 0. The van der Waals surface area contributed by atoms with Crippen LogP contribution in [0.2, 0.25) is 0 Å². The maximum atomic E-state index is 9.37. The first-order valence-corrected chi connectivity index (χ1v) is 4.47. The lowest BCUT2D eigenvalue weighted by atomic mass is 10.5. The molecule has 0 aliphatic carbocycles. The summed E-state index contributed by atoms with van der Waals surface area (Å²) in [5.41, 5.74) is 0. The Morgan fingerprint density at radius 3 is 0.750 bits per heavy atom. The quantitative estimate of drug-likeness (QED) is 0.646. The van der Waals surface area contributed by atoms with Crippen LogP contribution in [-0.2, 0) is 14.4 Å². The first kappa shape index (κ1) is 24.1. The molecule has 0 rings (SSSR count). The van der Waals surface area contributed by atoms with E-state index in [0.29, 0.717) is 0 Å². The fourth-order valence-electron chi connectivity index (χ4n) is 0. The van der Waals surface area contributed by atoms with Crippen LogP contribution in [0, 0.1) is 0 Å². The Kier molecular flexibility index (Phi) is 28.9. The maximum absolute atomic E-state index is 9.37. The van der Waals surface area contributed by atoms with Crippen molar-refractivity contribution in [1.82, 2.24) is 0 Å². The number of rotatable bonds is 3. The molecule has 0 heterocycles. The van der Waals surface area contributed by atoms with Crippen molar-refractivity contribution in [3.05, 3.63) is 0 Å². The summed E-state index contributed by atoms with van der Waals surface area (Å²) in [6, 6.07) is 0. The van der Waals surface area contributed by atoms with Crippen LogP contribution in [-0.4, -0.2) is 44.2 Å². The minimum atomic E-state index is -0.745. The molecule has 94 valence electrons. The molecule has 0 saturated heterocycles. The summed E-state index contributed by atoms with van der Waals surface area (Å²) in [6.07, 6.45) is 0.667. The zero-order chi connectivity index (χ0) is 12.9. The Morgan fingerprint density at radius 1 is 0.688 bits per heavy atom. The highest BCUT2D eigenvalue weighted by Gasteiger charge is 1.81. The molecule has 0 spiro atoms. The van der Waals surface area contributed by atoms with Crippen molar-refractivity contribution in [2.45, 2.75) is 40.0 Å². The molecule has 0 amide bonds. The van der Waals surface area contributed by atoms with Gasteiger partial charge in [0.25, 0.3) is 0 Å². The molecule has 0 fully saturated rings. The molecule has 0 aliphatic heterocycles. The molecule has 0 aliphatic rings. The van der Waals surface area contributed by atoms with Crippen molar-refractivity contribution >= 4 is 28.9 Å². The van der Waals surface area contributed by atoms with Gasteiger partial charge in [-0.3, -0.25) is 14.4 Å². The molecule has 7 heteroatoms. The van der Waals surface area contributed by atoms with E-state index in [-0.39, 0.29) is 30.2 Å². The summed E-state index contributed by atoms with van der Waals surface area (Å²) in [7, 11) is 0. The lowest BCUT2D eigenvalue weighted by Crippen LogP contribution is -1.86. The SMILES string of the molecule is CCC(=O)O.CCC(=O)O.CCC(=O)O.[Si]. The number of aliphatic carboxylic acids is 3. The molecule has 0 unspecified atom stereocenters. The van der Waals surface area contributed by atoms with Gasteiger partial charge in [-0.05, 0) is 0 Å². The third kappa shape index (κ3) is 79.7. The van der Waals surface area contributed by atoms with Crippen molar-refractivity contribution < 1.29 is 29.7 Å². The van der Waals surface area contributed by atoms with Crippen molar-refractivity contribution in [3.63, 3.8) is 0 Å². The summed E-state index contributed by atoms with van der Waals surface area (Å²) in [4.78, 5) is 28.1. The molecule has 16 heavy (non-hydrogen) atoms. The predicted molar refractivity (Wildman–Crippen MR) is 59.5 cm³/mol. The Morgan fingerprint density at radius 2 is 0.750 bits per heavy atom. The number of hydrogen-bond acceptors (Lipinski definition) is 3. The van der Waals surface area contributed by atoms with Crippen LogP contribution < -0.4 is 0 Å². The van der Waals surface area contributed by atoms with Gasteiger partial charge < -0.3 is 15.3 Å². The third-order valence-electron chi connectivity index (χ3n) is 0.907. The topological polar surface area (TPSA) is 112 Å². The van der Waals surface area contributed by atoms with E-state index in [1.54, 1.807) is 20.8 Å². The summed E-state index contributed by atoms with van der Waals surface area (Å²) >= 11 is 0. The summed E-state index contributed by atoms with van der Waals surface area (Å²) in [5.74, 6) is -2.24. The molecule has 0 bridgehead atoms. The molecule has 3 N–H and O–H groups in total. The first-order valence-electron chi connectivity index (χ1n) is 4.47. The van der Waals surface area contributed by atoms with Crippen LogP contribution in [0.5, 0.6) is 0 Å². The number of hydrogen-bond donors (Lipinski definition) is 3.